The molecule has 2 N–H and O–H groups in total. The average Bonchev–Trinajstić information content (AvgIpc) is 2.70. The smallest absolute Gasteiger partial charge is 0.330 e. The van der Waals surface area contributed by atoms with Gasteiger partial charge in [-0.25, -0.2) is 4.79 Å². The highest BCUT2D eigenvalue weighted by molar-refractivity contribution is 5.79. The number of ether oxygens (including phenoxy) is 1. The van der Waals surface area contributed by atoms with Crippen LogP contribution in [0.25, 0.3) is 0 Å². The second-order valence-corrected chi connectivity index (χ2v) is 6.41. The largest absolute Gasteiger partial charge is 0.494 e. The lowest BCUT2D eigenvalue weighted by Crippen LogP contribution is -2.23. The highest BCUT2D eigenvalue weighted by Crippen LogP contribution is 2.27. The fourth-order valence-corrected chi connectivity index (χ4v) is 2.99. The van der Waals surface area contributed by atoms with Crippen LogP contribution >= 0.6 is 0 Å². The summed E-state index contributed by atoms with van der Waals surface area (Å²) in [5, 5.41) is 21.8. The van der Waals surface area contributed by atoms with Crippen molar-refractivity contribution in [1.82, 2.24) is 4.90 Å². The minimum Gasteiger partial charge on any atom is -0.494 e. The van der Waals surface area contributed by atoms with Gasteiger partial charge < -0.3 is 15.2 Å². The summed E-state index contributed by atoms with van der Waals surface area (Å²) in [6, 6.07) is 13.5. The van der Waals surface area contributed by atoms with Crippen LogP contribution in [0.1, 0.15) is 43.5 Å². The molecule has 1 atom stereocenters. The summed E-state index contributed by atoms with van der Waals surface area (Å²) in [6.07, 6.45) is 0. The minimum absolute atomic E-state index is 0.509. The molecule has 2 aromatic carbocycles. The van der Waals surface area contributed by atoms with E-state index in [2.05, 4.69) is 30.1 Å². The molecule has 0 aliphatic carbocycles. The number of hydrogen-bond acceptors (Lipinski definition) is 5. The SMILES string of the molecule is CCOc1cc(CN(CC)CC)cc(C(Nc2ccc(C#N)cc2)C(=O)O)c1. The van der Waals surface area contributed by atoms with Gasteiger partial charge in [0.05, 0.1) is 18.2 Å². The predicted molar refractivity (Wildman–Crippen MR) is 109 cm³/mol. The molecular formula is C22H27N3O3. The quantitative estimate of drug-likeness (QED) is 0.646. The molecule has 148 valence electrons. The van der Waals surface area contributed by atoms with Crippen molar-refractivity contribution < 1.29 is 14.6 Å². The van der Waals surface area contributed by atoms with Crippen molar-refractivity contribution >= 4 is 11.7 Å². The third-order valence-electron chi connectivity index (χ3n) is 4.51. The number of carbonyl (C=O) groups is 1. The Labute approximate surface area is 166 Å². The molecule has 0 spiro atoms. The molecule has 0 heterocycles. The second-order valence-electron chi connectivity index (χ2n) is 6.41. The van der Waals surface area contributed by atoms with Gasteiger partial charge >= 0.3 is 5.97 Å². The number of carboxylic acid groups (broad SMARTS) is 1. The van der Waals surface area contributed by atoms with Gasteiger partial charge in [-0.2, -0.15) is 5.26 Å². The van der Waals surface area contributed by atoms with Crippen LogP contribution in [0.3, 0.4) is 0 Å². The molecule has 0 radical (unpaired) electrons. The van der Waals surface area contributed by atoms with Crippen molar-refractivity contribution in [3.8, 4) is 11.8 Å². The topological polar surface area (TPSA) is 85.6 Å². The summed E-state index contributed by atoms with van der Waals surface area (Å²) < 4.78 is 5.67. The number of hydrogen-bond donors (Lipinski definition) is 2. The van der Waals surface area contributed by atoms with Crippen LogP contribution in [0.5, 0.6) is 5.75 Å². The van der Waals surface area contributed by atoms with E-state index in [-0.39, 0.29) is 0 Å². The number of anilines is 1. The summed E-state index contributed by atoms with van der Waals surface area (Å²) in [5.41, 5.74) is 2.80. The summed E-state index contributed by atoms with van der Waals surface area (Å²) in [7, 11) is 0. The Kier molecular flexibility index (Phi) is 7.85. The Hall–Kier alpha value is -3.04. The van der Waals surface area contributed by atoms with E-state index in [9.17, 15) is 9.90 Å². The Morgan fingerprint density at radius 3 is 2.39 bits per heavy atom. The molecule has 2 aromatic rings. The Morgan fingerprint density at radius 1 is 1.18 bits per heavy atom. The first-order chi connectivity index (χ1) is 13.5. The molecule has 0 fully saturated rings. The minimum atomic E-state index is -0.980. The van der Waals surface area contributed by atoms with Gasteiger partial charge in [0, 0.05) is 12.2 Å². The zero-order chi connectivity index (χ0) is 20.5. The van der Waals surface area contributed by atoms with Gasteiger partial charge in [0.1, 0.15) is 5.75 Å². The first-order valence-electron chi connectivity index (χ1n) is 9.49. The lowest BCUT2D eigenvalue weighted by atomic mass is 10.0. The fraction of sp³-hybridized carbons (Fsp3) is 0.364. The first-order valence-corrected chi connectivity index (χ1v) is 9.49. The molecular weight excluding hydrogens is 354 g/mol. The van der Waals surface area contributed by atoms with Crippen LogP contribution in [0.15, 0.2) is 42.5 Å². The summed E-state index contributed by atoms with van der Waals surface area (Å²) in [6.45, 7) is 9.17. The predicted octanol–water partition coefficient (Wildman–Crippen LogP) is 4.04. The van der Waals surface area contributed by atoms with Crippen LogP contribution < -0.4 is 10.1 Å². The molecule has 0 saturated carbocycles. The van der Waals surface area contributed by atoms with E-state index in [1.807, 2.05) is 19.1 Å². The maximum absolute atomic E-state index is 12.0. The third-order valence-corrected chi connectivity index (χ3v) is 4.51. The lowest BCUT2D eigenvalue weighted by molar-refractivity contribution is -0.138. The average molecular weight is 381 g/mol. The van der Waals surface area contributed by atoms with Crippen molar-refractivity contribution in [3.05, 3.63) is 59.2 Å². The highest BCUT2D eigenvalue weighted by Gasteiger charge is 2.21. The number of nitrogens with one attached hydrogen (secondary N) is 1. The van der Waals surface area contributed by atoms with Gasteiger partial charge in [-0.05, 0) is 67.5 Å². The number of aliphatic carboxylic acids is 1. The van der Waals surface area contributed by atoms with Crippen LogP contribution in [-0.4, -0.2) is 35.7 Å². The number of benzene rings is 2. The second kappa shape index (κ2) is 10.3. The Bertz CT molecular complexity index is 824. The molecule has 1 unspecified atom stereocenters. The van der Waals surface area contributed by atoms with E-state index in [1.54, 1.807) is 30.3 Å². The number of nitrogens with zero attached hydrogens (tertiary/aromatic N) is 2. The van der Waals surface area contributed by atoms with Crippen LogP contribution in [0.4, 0.5) is 5.69 Å². The zero-order valence-corrected chi connectivity index (χ0v) is 16.6. The molecule has 6 nitrogen and oxygen atoms in total. The van der Waals surface area contributed by atoms with Gasteiger partial charge in [0.2, 0.25) is 0 Å². The van der Waals surface area contributed by atoms with Gasteiger partial charge in [0.25, 0.3) is 0 Å². The zero-order valence-electron chi connectivity index (χ0n) is 16.6. The van der Waals surface area contributed by atoms with Crippen molar-refractivity contribution in [2.45, 2.75) is 33.4 Å². The van der Waals surface area contributed by atoms with Crippen LogP contribution in [-0.2, 0) is 11.3 Å². The van der Waals surface area contributed by atoms with Crippen LogP contribution in [0, 0.1) is 11.3 Å². The lowest BCUT2D eigenvalue weighted by Gasteiger charge is -2.21. The maximum atomic E-state index is 12.0. The van der Waals surface area contributed by atoms with E-state index in [1.165, 1.54) is 0 Å². The summed E-state index contributed by atoms with van der Waals surface area (Å²) in [4.78, 5) is 14.2. The monoisotopic (exact) mass is 381 g/mol. The third kappa shape index (κ3) is 5.73. The normalized spacial score (nSPS) is 11.7. The van der Waals surface area contributed by atoms with Crippen molar-refractivity contribution in [2.75, 3.05) is 25.0 Å². The van der Waals surface area contributed by atoms with Gasteiger partial charge in [-0.1, -0.05) is 19.9 Å². The molecule has 0 bridgehead atoms. The maximum Gasteiger partial charge on any atom is 0.330 e. The molecule has 2 rings (SSSR count). The summed E-state index contributed by atoms with van der Waals surface area (Å²) >= 11 is 0. The van der Waals surface area contributed by atoms with E-state index >= 15 is 0 Å². The number of carboxylic acids is 1. The number of rotatable bonds is 10. The molecule has 0 aliphatic rings. The molecule has 0 amide bonds. The van der Waals surface area contributed by atoms with Gasteiger partial charge in [0.15, 0.2) is 6.04 Å². The van der Waals surface area contributed by atoms with Crippen molar-refractivity contribution in [2.24, 2.45) is 0 Å². The molecule has 6 heteroatoms. The van der Waals surface area contributed by atoms with E-state index in [0.29, 0.717) is 29.2 Å². The number of nitriles is 1. The molecule has 0 aliphatic heterocycles. The first kappa shape index (κ1) is 21.3. The van der Waals surface area contributed by atoms with Crippen LogP contribution in [0.2, 0.25) is 0 Å². The fourth-order valence-electron chi connectivity index (χ4n) is 2.99. The van der Waals surface area contributed by atoms with Crippen molar-refractivity contribution in [1.29, 1.82) is 5.26 Å². The molecule has 0 saturated heterocycles. The van der Waals surface area contributed by atoms with Gasteiger partial charge in [-0.3, -0.25) is 4.90 Å². The summed E-state index contributed by atoms with van der Waals surface area (Å²) in [5.74, 6) is -0.318. The molecule has 0 aromatic heterocycles. The Morgan fingerprint density at radius 2 is 1.86 bits per heavy atom. The highest BCUT2D eigenvalue weighted by atomic mass is 16.5. The van der Waals surface area contributed by atoms with E-state index < -0.39 is 12.0 Å². The van der Waals surface area contributed by atoms with E-state index in [0.717, 1.165) is 25.2 Å². The Balaban J connectivity index is 2.36. The van der Waals surface area contributed by atoms with Gasteiger partial charge in [-0.15, -0.1) is 0 Å². The van der Waals surface area contributed by atoms with Crippen molar-refractivity contribution in [3.63, 3.8) is 0 Å². The van der Waals surface area contributed by atoms with E-state index in [4.69, 9.17) is 10.00 Å². The standard InChI is InChI=1S/C22H27N3O3/c1-4-25(5-2)15-17-11-18(13-20(12-17)28-6-3)21(22(26)27)24-19-9-7-16(14-23)8-10-19/h7-13,21,24H,4-6,15H2,1-3H3,(H,26,27). The molecule has 28 heavy (non-hydrogen) atoms.